The molecular formula is C14H24ClNO. The summed E-state index contributed by atoms with van der Waals surface area (Å²) in [4.78, 5) is 12.1. The van der Waals surface area contributed by atoms with Gasteiger partial charge >= 0.3 is 0 Å². The fraction of sp³-hybridized carbons (Fsp3) is 0.929. The summed E-state index contributed by atoms with van der Waals surface area (Å²) in [6, 6.07) is 0. The number of carbonyl (C=O) groups excluding carboxylic acids is 1. The second kappa shape index (κ2) is 6.08. The first-order valence-corrected chi connectivity index (χ1v) is 7.54. The highest BCUT2D eigenvalue weighted by Crippen LogP contribution is 2.32. The Bertz CT molecular complexity index is 269. The van der Waals surface area contributed by atoms with Gasteiger partial charge in [0.2, 0.25) is 5.91 Å². The predicted octanol–water partition coefficient (Wildman–Crippen LogP) is 3.34. The number of amides is 1. The van der Waals surface area contributed by atoms with Crippen molar-refractivity contribution in [2.24, 2.45) is 17.8 Å². The molecule has 0 spiro atoms. The summed E-state index contributed by atoms with van der Waals surface area (Å²) < 4.78 is 0. The van der Waals surface area contributed by atoms with Crippen molar-refractivity contribution in [3.05, 3.63) is 0 Å². The molecule has 0 radical (unpaired) electrons. The molecule has 1 N–H and O–H groups in total. The Balaban J connectivity index is 1.75. The Kier molecular flexibility index (Phi) is 4.72. The Morgan fingerprint density at radius 2 is 1.94 bits per heavy atom. The van der Waals surface area contributed by atoms with Crippen molar-refractivity contribution in [1.29, 1.82) is 0 Å². The van der Waals surface area contributed by atoms with Crippen LogP contribution in [0.5, 0.6) is 0 Å². The molecule has 0 aromatic heterocycles. The molecule has 2 fully saturated rings. The summed E-state index contributed by atoms with van der Waals surface area (Å²) in [7, 11) is 0. The summed E-state index contributed by atoms with van der Waals surface area (Å²) >= 11 is 6.30. The maximum atomic E-state index is 12.1. The lowest BCUT2D eigenvalue weighted by Crippen LogP contribution is -2.38. The zero-order chi connectivity index (χ0) is 12.3. The summed E-state index contributed by atoms with van der Waals surface area (Å²) in [5, 5.41) is 3.40. The maximum Gasteiger partial charge on any atom is 0.223 e. The molecule has 0 aromatic carbocycles. The molecule has 4 atom stereocenters. The lowest BCUT2D eigenvalue weighted by Gasteiger charge is -2.27. The van der Waals surface area contributed by atoms with E-state index in [-0.39, 0.29) is 17.2 Å². The van der Waals surface area contributed by atoms with Gasteiger partial charge in [-0.3, -0.25) is 4.79 Å². The van der Waals surface area contributed by atoms with Crippen LogP contribution in [0.4, 0.5) is 0 Å². The van der Waals surface area contributed by atoms with Crippen LogP contribution in [0.3, 0.4) is 0 Å². The van der Waals surface area contributed by atoms with Gasteiger partial charge < -0.3 is 5.32 Å². The largest absolute Gasteiger partial charge is 0.356 e. The fourth-order valence-corrected chi connectivity index (χ4v) is 3.66. The number of carbonyl (C=O) groups is 1. The third kappa shape index (κ3) is 3.37. The smallest absolute Gasteiger partial charge is 0.223 e. The average Bonchev–Trinajstić information content (AvgIpc) is 2.74. The van der Waals surface area contributed by atoms with Crippen molar-refractivity contribution in [2.45, 2.75) is 57.2 Å². The highest BCUT2D eigenvalue weighted by molar-refractivity contribution is 6.20. The number of alkyl halides is 1. The monoisotopic (exact) mass is 257 g/mol. The fourth-order valence-electron chi connectivity index (χ4n) is 3.29. The minimum Gasteiger partial charge on any atom is -0.356 e. The minimum absolute atomic E-state index is 0.257. The van der Waals surface area contributed by atoms with E-state index in [1.165, 1.54) is 32.1 Å². The summed E-state index contributed by atoms with van der Waals surface area (Å²) in [5.41, 5.74) is 0. The molecular weight excluding hydrogens is 234 g/mol. The second-order valence-electron chi connectivity index (χ2n) is 5.82. The van der Waals surface area contributed by atoms with Crippen molar-refractivity contribution < 1.29 is 4.79 Å². The van der Waals surface area contributed by atoms with Crippen LogP contribution in [-0.2, 0) is 4.79 Å². The van der Waals surface area contributed by atoms with E-state index in [4.69, 9.17) is 11.6 Å². The highest BCUT2D eigenvalue weighted by atomic mass is 35.5. The quantitative estimate of drug-likeness (QED) is 0.772. The Morgan fingerprint density at radius 1 is 1.18 bits per heavy atom. The van der Waals surface area contributed by atoms with Crippen LogP contribution in [0.15, 0.2) is 0 Å². The normalized spacial score (nSPS) is 38.0. The maximum absolute atomic E-state index is 12.1. The Morgan fingerprint density at radius 3 is 2.59 bits per heavy atom. The van der Waals surface area contributed by atoms with E-state index < -0.39 is 0 Å². The number of hydrogen-bond donors (Lipinski definition) is 1. The van der Waals surface area contributed by atoms with E-state index in [2.05, 4.69) is 12.2 Å². The van der Waals surface area contributed by atoms with Gasteiger partial charge in [0, 0.05) is 17.8 Å². The van der Waals surface area contributed by atoms with Crippen LogP contribution in [0.2, 0.25) is 0 Å². The molecule has 4 unspecified atom stereocenters. The number of nitrogens with one attached hydrogen (secondary N) is 1. The number of rotatable bonds is 3. The summed E-state index contributed by atoms with van der Waals surface area (Å²) in [6.45, 7) is 2.98. The minimum atomic E-state index is 0.257. The van der Waals surface area contributed by atoms with Gasteiger partial charge in [0.1, 0.15) is 0 Å². The van der Waals surface area contributed by atoms with Crippen molar-refractivity contribution in [3.63, 3.8) is 0 Å². The van der Waals surface area contributed by atoms with Gasteiger partial charge in [-0.05, 0) is 37.5 Å². The van der Waals surface area contributed by atoms with Crippen molar-refractivity contribution in [2.75, 3.05) is 6.54 Å². The van der Waals surface area contributed by atoms with E-state index in [9.17, 15) is 4.79 Å². The van der Waals surface area contributed by atoms with Crippen LogP contribution in [0.25, 0.3) is 0 Å². The molecule has 98 valence electrons. The molecule has 3 heteroatoms. The van der Waals surface area contributed by atoms with Crippen LogP contribution in [0.1, 0.15) is 51.9 Å². The van der Waals surface area contributed by atoms with E-state index in [1.54, 1.807) is 0 Å². The molecule has 0 heterocycles. The molecule has 2 saturated carbocycles. The van der Waals surface area contributed by atoms with Crippen molar-refractivity contribution in [3.8, 4) is 0 Å². The molecule has 0 saturated heterocycles. The van der Waals surface area contributed by atoms with Crippen molar-refractivity contribution in [1.82, 2.24) is 5.32 Å². The second-order valence-corrected chi connectivity index (χ2v) is 6.38. The average molecular weight is 258 g/mol. The number of halogens is 1. The van der Waals surface area contributed by atoms with Crippen molar-refractivity contribution >= 4 is 17.5 Å². The third-order valence-electron chi connectivity index (χ3n) is 4.55. The van der Waals surface area contributed by atoms with Crippen LogP contribution < -0.4 is 5.32 Å². The zero-order valence-corrected chi connectivity index (χ0v) is 11.5. The summed E-state index contributed by atoms with van der Waals surface area (Å²) in [5.74, 6) is 1.58. The molecule has 2 aliphatic rings. The molecule has 0 aromatic rings. The van der Waals surface area contributed by atoms with Gasteiger partial charge in [0.05, 0.1) is 0 Å². The van der Waals surface area contributed by atoms with Gasteiger partial charge in [-0.1, -0.05) is 26.2 Å². The lowest BCUT2D eigenvalue weighted by atomic mass is 9.88. The third-order valence-corrected chi connectivity index (χ3v) is 5.13. The van der Waals surface area contributed by atoms with Gasteiger partial charge in [0.15, 0.2) is 0 Å². The molecule has 0 aliphatic heterocycles. The van der Waals surface area contributed by atoms with Gasteiger partial charge in [-0.15, -0.1) is 11.6 Å². The molecule has 1 amide bonds. The lowest BCUT2D eigenvalue weighted by molar-refractivity contribution is -0.126. The topological polar surface area (TPSA) is 29.1 Å². The summed E-state index contributed by atoms with van der Waals surface area (Å²) in [6.07, 6.45) is 8.29. The van der Waals surface area contributed by atoms with E-state index in [0.717, 1.165) is 19.4 Å². The van der Waals surface area contributed by atoms with Gasteiger partial charge in [0.25, 0.3) is 0 Å². The Labute approximate surface area is 109 Å². The standard InChI is InChI=1S/C14H24ClNO/c1-10-5-4-7-12(10)14(17)16-9-11-6-2-3-8-13(11)15/h10-13H,2-9H2,1H3,(H,16,17). The molecule has 0 bridgehead atoms. The highest BCUT2D eigenvalue weighted by Gasteiger charge is 2.30. The SMILES string of the molecule is CC1CCCC1C(=O)NCC1CCCCC1Cl. The van der Waals surface area contributed by atoms with Gasteiger partial charge in [-0.25, -0.2) is 0 Å². The van der Waals surface area contributed by atoms with E-state index in [0.29, 0.717) is 11.8 Å². The first kappa shape index (κ1) is 13.2. The first-order valence-electron chi connectivity index (χ1n) is 7.10. The Hall–Kier alpha value is -0.240. The molecule has 2 rings (SSSR count). The predicted molar refractivity (Wildman–Crippen MR) is 71.1 cm³/mol. The molecule has 2 aliphatic carbocycles. The van der Waals surface area contributed by atoms with E-state index in [1.807, 2.05) is 0 Å². The van der Waals surface area contributed by atoms with Gasteiger partial charge in [-0.2, -0.15) is 0 Å². The first-order chi connectivity index (χ1) is 8.18. The molecule has 2 nitrogen and oxygen atoms in total. The number of hydrogen-bond acceptors (Lipinski definition) is 1. The molecule has 17 heavy (non-hydrogen) atoms. The van der Waals surface area contributed by atoms with Crippen LogP contribution in [0, 0.1) is 17.8 Å². The van der Waals surface area contributed by atoms with Crippen LogP contribution >= 0.6 is 11.6 Å². The zero-order valence-electron chi connectivity index (χ0n) is 10.8. The van der Waals surface area contributed by atoms with E-state index >= 15 is 0 Å². The van der Waals surface area contributed by atoms with Crippen LogP contribution in [-0.4, -0.2) is 17.8 Å².